The number of nitrogens with one attached hydrogen (secondary N) is 1. The van der Waals surface area contributed by atoms with Crippen LogP contribution < -0.4 is 5.32 Å². The van der Waals surface area contributed by atoms with Crippen LogP contribution in [0.3, 0.4) is 0 Å². The number of aromatic nitrogens is 1. The van der Waals surface area contributed by atoms with Gasteiger partial charge in [-0.15, -0.1) is 0 Å². The summed E-state index contributed by atoms with van der Waals surface area (Å²) in [6, 6.07) is 13.2. The van der Waals surface area contributed by atoms with Crippen molar-refractivity contribution in [1.82, 2.24) is 9.88 Å². The average Bonchev–Trinajstić information content (AvgIpc) is 2.89. The Hall–Kier alpha value is -1.84. The van der Waals surface area contributed by atoms with Crippen LogP contribution in [0.5, 0.6) is 0 Å². The van der Waals surface area contributed by atoms with Gasteiger partial charge in [0.05, 0.1) is 10.5 Å². The second-order valence-electron chi connectivity index (χ2n) is 5.04. The molecule has 108 valence electrons. The van der Waals surface area contributed by atoms with Gasteiger partial charge in [0, 0.05) is 19.3 Å². The second kappa shape index (κ2) is 5.88. The lowest BCUT2D eigenvalue weighted by molar-refractivity contribution is 0.624. The summed E-state index contributed by atoms with van der Waals surface area (Å²) in [6.07, 6.45) is 2.02. The molecule has 0 aliphatic carbocycles. The van der Waals surface area contributed by atoms with E-state index in [0.717, 1.165) is 17.6 Å². The Morgan fingerprint density at radius 2 is 1.86 bits per heavy atom. The number of hydrogen-bond donors (Lipinski definition) is 1. The molecule has 0 aliphatic rings. The highest BCUT2D eigenvalue weighted by atomic mass is 35.5. The standard InChI is InChI=1S/C17H16ClFN2/c1-20-10-13-5-2-4-12-8-9-21(17(12)13)11-14-6-3-7-15(19)16(14)18/h2-9,20H,10-11H2,1H3. The largest absolute Gasteiger partial charge is 0.343 e. The second-order valence-corrected chi connectivity index (χ2v) is 5.42. The van der Waals surface area contributed by atoms with Gasteiger partial charge in [-0.2, -0.15) is 0 Å². The van der Waals surface area contributed by atoms with Crippen LogP contribution in [0.2, 0.25) is 5.02 Å². The van der Waals surface area contributed by atoms with Gasteiger partial charge in [-0.05, 0) is 35.7 Å². The highest BCUT2D eigenvalue weighted by Gasteiger charge is 2.10. The van der Waals surface area contributed by atoms with Gasteiger partial charge in [0.15, 0.2) is 0 Å². The summed E-state index contributed by atoms with van der Waals surface area (Å²) in [5, 5.41) is 4.55. The molecule has 1 aromatic heterocycles. The molecule has 1 N–H and O–H groups in total. The van der Waals surface area contributed by atoms with E-state index >= 15 is 0 Å². The van der Waals surface area contributed by atoms with E-state index in [1.165, 1.54) is 17.0 Å². The third-order valence-electron chi connectivity index (χ3n) is 3.61. The highest BCUT2D eigenvalue weighted by molar-refractivity contribution is 6.31. The normalized spacial score (nSPS) is 11.2. The molecule has 0 spiro atoms. The van der Waals surface area contributed by atoms with Gasteiger partial charge >= 0.3 is 0 Å². The molecule has 0 saturated carbocycles. The van der Waals surface area contributed by atoms with Crippen LogP contribution in [0.1, 0.15) is 11.1 Å². The number of para-hydroxylation sites is 1. The third kappa shape index (κ3) is 2.67. The molecule has 1 heterocycles. The fourth-order valence-corrected chi connectivity index (χ4v) is 2.85. The van der Waals surface area contributed by atoms with Gasteiger partial charge in [-0.25, -0.2) is 4.39 Å². The van der Waals surface area contributed by atoms with Crippen LogP contribution in [0.25, 0.3) is 10.9 Å². The summed E-state index contributed by atoms with van der Waals surface area (Å²) in [5.41, 5.74) is 3.16. The van der Waals surface area contributed by atoms with Crippen LogP contribution in [0, 0.1) is 5.82 Å². The first-order valence-corrected chi connectivity index (χ1v) is 7.22. The van der Waals surface area contributed by atoms with E-state index < -0.39 is 0 Å². The van der Waals surface area contributed by atoms with Crippen LogP contribution in [0.15, 0.2) is 48.7 Å². The Bertz CT molecular complexity index is 780. The SMILES string of the molecule is CNCc1cccc2ccn(Cc3cccc(F)c3Cl)c12. The van der Waals surface area contributed by atoms with Gasteiger partial charge in [0.2, 0.25) is 0 Å². The Morgan fingerprint density at radius 1 is 1.10 bits per heavy atom. The lowest BCUT2D eigenvalue weighted by Crippen LogP contribution is -2.08. The Morgan fingerprint density at radius 3 is 2.67 bits per heavy atom. The molecule has 0 bridgehead atoms. The number of rotatable bonds is 4. The lowest BCUT2D eigenvalue weighted by Gasteiger charge is -2.11. The first-order valence-electron chi connectivity index (χ1n) is 6.85. The minimum absolute atomic E-state index is 0.199. The summed E-state index contributed by atoms with van der Waals surface area (Å²) < 4.78 is 15.7. The maximum Gasteiger partial charge on any atom is 0.142 e. The smallest absolute Gasteiger partial charge is 0.142 e. The van der Waals surface area contributed by atoms with Crippen LogP contribution in [0.4, 0.5) is 4.39 Å². The molecule has 0 atom stereocenters. The molecule has 0 radical (unpaired) electrons. The summed E-state index contributed by atoms with van der Waals surface area (Å²) in [5.74, 6) is -0.374. The number of hydrogen-bond acceptors (Lipinski definition) is 1. The predicted octanol–water partition coefficient (Wildman–Crippen LogP) is 4.20. The number of halogens is 2. The van der Waals surface area contributed by atoms with Crippen molar-refractivity contribution >= 4 is 22.5 Å². The first-order chi connectivity index (χ1) is 10.2. The fraction of sp³-hybridized carbons (Fsp3) is 0.176. The van der Waals surface area contributed by atoms with Crippen LogP contribution >= 0.6 is 11.6 Å². The van der Waals surface area contributed by atoms with Gasteiger partial charge < -0.3 is 9.88 Å². The van der Waals surface area contributed by atoms with Gasteiger partial charge in [-0.1, -0.05) is 41.9 Å². The lowest BCUT2D eigenvalue weighted by atomic mass is 10.1. The Labute approximate surface area is 128 Å². The third-order valence-corrected chi connectivity index (χ3v) is 4.03. The van der Waals surface area contributed by atoms with E-state index in [9.17, 15) is 4.39 Å². The topological polar surface area (TPSA) is 17.0 Å². The summed E-state index contributed by atoms with van der Waals surface area (Å²) >= 11 is 6.06. The molecule has 3 rings (SSSR count). The molecule has 3 aromatic rings. The molecule has 21 heavy (non-hydrogen) atoms. The average molecular weight is 303 g/mol. The van der Waals surface area contributed by atoms with E-state index in [0.29, 0.717) is 6.54 Å². The van der Waals surface area contributed by atoms with E-state index in [1.807, 2.05) is 19.3 Å². The number of nitrogens with zero attached hydrogens (tertiary/aromatic N) is 1. The maximum absolute atomic E-state index is 13.6. The minimum Gasteiger partial charge on any atom is -0.343 e. The number of fused-ring (bicyclic) bond motifs is 1. The van der Waals surface area contributed by atoms with Gasteiger partial charge in [-0.3, -0.25) is 0 Å². The molecule has 2 nitrogen and oxygen atoms in total. The van der Waals surface area contributed by atoms with Gasteiger partial charge in [0.1, 0.15) is 5.82 Å². The van der Waals surface area contributed by atoms with Gasteiger partial charge in [0.25, 0.3) is 0 Å². The fourth-order valence-electron chi connectivity index (χ4n) is 2.66. The predicted molar refractivity (Wildman–Crippen MR) is 85.2 cm³/mol. The minimum atomic E-state index is -0.374. The molecule has 0 amide bonds. The zero-order valence-electron chi connectivity index (χ0n) is 11.7. The molecule has 0 saturated heterocycles. The molecular weight excluding hydrogens is 287 g/mol. The van der Waals surface area contributed by atoms with E-state index in [4.69, 9.17) is 11.6 Å². The molecule has 4 heteroatoms. The van der Waals surface area contributed by atoms with Crippen LogP contribution in [-0.4, -0.2) is 11.6 Å². The Kier molecular flexibility index (Phi) is 3.95. The Balaban J connectivity index is 2.06. The molecule has 0 fully saturated rings. The molecule has 0 unspecified atom stereocenters. The van der Waals surface area contributed by atoms with Crippen molar-refractivity contribution in [3.63, 3.8) is 0 Å². The molecule has 2 aromatic carbocycles. The van der Waals surface area contributed by atoms with Crippen molar-refractivity contribution in [2.24, 2.45) is 0 Å². The van der Waals surface area contributed by atoms with Crippen molar-refractivity contribution in [3.05, 3.63) is 70.6 Å². The van der Waals surface area contributed by atoms with E-state index in [2.05, 4.69) is 34.1 Å². The maximum atomic E-state index is 13.6. The van der Waals surface area contributed by atoms with Crippen molar-refractivity contribution in [3.8, 4) is 0 Å². The van der Waals surface area contributed by atoms with Crippen molar-refractivity contribution in [1.29, 1.82) is 0 Å². The zero-order chi connectivity index (χ0) is 14.8. The van der Waals surface area contributed by atoms with Crippen molar-refractivity contribution < 1.29 is 4.39 Å². The monoisotopic (exact) mass is 302 g/mol. The van der Waals surface area contributed by atoms with Crippen LogP contribution in [-0.2, 0) is 13.1 Å². The van der Waals surface area contributed by atoms with Crippen molar-refractivity contribution in [2.75, 3.05) is 7.05 Å². The van der Waals surface area contributed by atoms with E-state index in [-0.39, 0.29) is 10.8 Å². The first kappa shape index (κ1) is 14.1. The molecular formula is C17H16ClFN2. The summed E-state index contributed by atoms with van der Waals surface area (Å²) in [7, 11) is 1.93. The quantitative estimate of drug-likeness (QED) is 0.764. The zero-order valence-corrected chi connectivity index (χ0v) is 12.5. The number of benzene rings is 2. The summed E-state index contributed by atoms with van der Waals surface area (Å²) in [6.45, 7) is 1.35. The molecule has 0 aliphatic heterocycles. The van der Waals surface area contributed by atoms with E-state index in [1.54, 1.807) is 6.07 Å². The highest BCUT2D eigenvalue weighted by Crippen LogP contribution is 2.25. The summed E-state index contributed by atoms with van der Waals surface area (Å²) in [4.78, 5) is 0. The van der Waals surface area contributed by atoms with Crippen molar-refractivity contribution in [2.45, 2.75) is 13.1 Å².